The summed E-state index contributed by atoms with van der Waals surface area (Å²) in [5.74, 6) is 1.27. The number of methoxy groups -OCH3 is 2. The van der Waals surface area contributed by atoms with E-state index in [0.717, 1.165) is 39.7 Å². The molecule has 0 amide bonds. The molecule has 9 heteroatoms. The topological polar surface area (TPSA) is 99.0 Å². The van der Waals surface area contributed by atoms with Crippen LogP contribution in [0.25, 0.3) is 5.57 Å². The van der Waals surface area contributed by atoms with Crippen molar-refractivity contribution >= 4 is 38.2 Å². The lowest BCUT2D eigenvalue weighted by atomic mass is 9.95. The van der Waals surface area contributed by atoms with Gasteiger partial charge < -0.3 is 14.4 Å². The summed E-state index contributed by atoms with van der Waals surface area (Å²) in [5, 5.41) is 11.1. The number of hydrogen-bond acceptors (Lipinski definition) is 7. The molecule has 4 aromatic carbocycles. The molecule has 0 spiro atoms. The van der Waals surface area contributed by atoms with E-state index in [1.54, 1.807) is 14.2 Å². The predicted octanol–water partition coefficient (Wildman–Crippen LogP) is 7.47. The number of ether oxygens (including phenoxy) is 2. The van der Waals surface area contributed by atoms with E-state index in [2.05, 4.69) is 11.0 Å². The molecule has 0 fully saturated rings. The minimum absolute atomic E-state index is 0.0112. The van der Waals surface area contributed by atoms with E-state index in [4.69, 9.17) is 9.47 Å². The van der Waals surface area contributed by atoms with Crippen LogP contribution in [0.5, 0.6) is 11.5 Å². The van der Waals surface area contributed by atoms with Gasteiger partial charge in [-0.2, -0.15) is 0 Å². The van der Waals surface area contributed by atoms with Crippen molar-refractivity contribution in [1.82, 2.24) is 0 Å². The molecule has 42 heavy (non-hydrogen) atoms. The summed E-state index contributed by atoms with van der Waals surface area (Å²) in [7, 11) is -0.604. The minimum Gasteiger partial charge on any atom is -0.497 e. The van der Waals surface area contributed by atoms with Gasteiger partial charge in [0.05, 0.1) is 28.9 Å². The van der Waals surface area contributed by atoms with Crippen LogP contribution in [0.4, 0.5) is 22.7 Å². The van der Waals surface area contributed by atoms with Gasteiger partial charge in [0.25, 0.3) is 5.69 Å². The summed E-state index contributed by atoms with van der Waals surface area (Å²) < 4.78 is 38.4. The average molecular weight is 581 g/mol. The van der Waals surface area contributed by atoms with Gasteiger partial charge in [0.15, 0.2) is 0 Å². The molecule has 2 unspecified atom stereocenters. The van der Waals surface area contributed by atoms with Crippen LogP contribution in [-0.4, -0.2) is 27.6 Å². The van der Waals surface area contributed by atoms with Gasteiger partial charge in [-0.25, -0.2) is 8.42 Å². The lowest BCUT2D eigenvalue weighted by Gasteiger charge is -2.26. The van der Waals surface area contributed by atoms with Crippen molar-refractivity contribution in [1.29, 1.82) is 0 Å². The van der Waals surface area contributed by atoms with Gasteiger partial charge in [-0.05, 0) is 90.4 Å². The zero-order chi connectivity index (χ0) is 29.4. The number of hydrogen-bond donors (Lipinski definition) is 0. The maximum atomic E-state index is 13.8. The van der Waals surface area contributed by atoms with E-state index < -0.39 is 14.8 Å². The highest BCUT2D eigenvalue weighted by Crippen LogP contribution is 2.52. The Kier molecular flexibility index (Phi) is 7.04. The van der Waals surface area contributed by atoms with Crippen LogP contribution in [0.1, 0.15) is 12.0 Å². The van der Waals surface area contributed by atoms with Crippen LogP contribution in [-0.2, 0) is 9.84 Å². The smallest absolute Gasteiger partial charge is 0.269 e. The number of sulfone groups is 1. The van der Waals surface area contributed by atoms with Crippen molar-refractivity contribution in [3.05, 3.63) is 130 Å². The molecule has 0 aromatic heterocycles. The van der Waals surface area contributed by atoms with Crippen LogP contribution < -0.4 is 14.4 Å². The van der Waals surface area contributed by atoms with Gasteiger partial charge >= 0.3 is 0 Å². The lowest BCUT2D eigenvalue weighted by molar-refractivity contribution is -0.384. The predicted molar refractivity (Wildman–Crippen MR) is 162 cm³/mol. The van der Waals surface area contributed by atoms with E-state index in [1.807, 2.05) is 78.9 Å². The molecular formula is C33H28N2O6S. The standard InChI is InChI=1S/C33H28N2O6S/c1-40-29-15-9-26(10-16-29)34(27-11-17-30(41-2)18-12-27)25-7-5-22(6-8-25)32-23-3-4-24(21-23)33(32)42(38,39)31-19-13-28(14-20-31)35(36)37/h3-20,23-24H,21H2,1-2H3. The molecule has 0 radical (unpaired) electrons. The van der Waals surface area contributed by atoms with Crippen molar-refractivity contribution in [2.75, 3.05) is 19.1 Å². The van der Waals surface area contributed by atoms with Gasteiger partial charge in [-0.3, -0.25) is 10.1 Å². The summed E-state index contributed by atoms with van der Waals surface area (Å²) >= 11 is 0. The zero-order valence-corrected chi connectivity index (χ0v) is 23.8. The third-order valence-corrected chi connectivity index (χ3v) is 9.80. The minimum atomic E-state index is -3.86. The second-order valence-electron chi connectivity index (χ2n) is 10.1. The monoisotopic (exact) mass is 580 g/mol. The number of rotatable bonds is 9. The Balaban J connectivity index is 1.40. The second kappa shape index (κ2) is 10.8. The molecule has 0 N–H and O–H groups in total. The van der Waals surface area contributed by atoms with Crippen molar-refractivity contribution in [3.8, 4) is 11.5 Å². The number of fused-ring (bicyclic) bond motifs is 2. The van der Waals surface area contributed by atoms with Gasteiger partial charge in [0.2, 0.25) is 9.84 Å². The number of nitro benzene ring substituents is 1. The summed E-state index contributed by atoms with van der Waals surface area (Å²) in [6.45, 7) is 0. The first-order valence-corrected chi connectivity index (χ1v) is 14.9. The van der Waals surface area contributed by atoms with Crippen LogP contribution in [0.2, 0.25) is 0 Å². The molecule has 2 bridgehead atoms. The van der Waals surface area contributed by atoms with E-state index in [9.17, 15) is 18.5 Å². The molecule has 2 aliphatic rings. The fraction of sp³-hybridized carbons (Fsp3) is 0.152. The van der Waals surface area contributed by atoms with Crippen molar-refractivity contribution in [3.63, 3.8) is 0 Å². The van der Waals surface area contributed by atoms with E-state index >= 15 is 0 Å². The Hall–Kier alpha value is -4.89. The average Bonchev–Trinajstić information content (AvgIpc) is 3.65. The Bertz CT molecular complexity index is 1750. The van der Waals surface area contributed by atoms with Gasteiger partial charge in [-0.1, -0.05) is 24.3 Å². The number of nitrogens with zero attached hydrogens (tertiary/aromatic N) is 2. The number of non-ortho nitro benzene ring substituents is 1. The molecular weight excluding hydrogens is 552 g/mol. The molecule has 4 aromatic rings. The highest BCUT2D eigenvalue weighted by Gasteiger charge is 2.42. The van der Waals surface area contributed by atoms with E-state index in [-0.39, 0.29) is 22.4 Å². The van der Waals surface area contributed by atoms with Crippen molar-refractivity contribution in [2.45, 2.75) is 11.3 Å². The molecule has 0 aliphatic heterocycles. The Morgan fingerprint density at radius 1 is 0.714 bits per heavy atom. The van der Waals surface area contributed by atoms with E-state index in [1.165, 1.54) is 24.3 Å². The number of nitro groups is 1. The normalized spacial score (nSPS) is 17.4. The molecule has 8 nitrogen and oxygen atoms in total. The third kappa shape index (κ3) is 4.81. The molecule has 0 saturated heterocycles. The van der Waals surface area contributed by atoms with Crippen LogP contribution in [0, 0.1) is 22.0 Å². The first-order chi connectivity index (χ1) is 20.3. The third-order valence-electron chi connectivity index (χ3n) is 7.80. The molecule has 2 atom stereocenters. The first-order valence-electron chi connectivity index (χ1n) is 13.4. The summed E-state index contributed by atoms with van der Waals surface area (Å²) in [5.41, 5.74) is 4.22. The highest BCUT2D eigenvalue weighted by atomic mass is 32.2. The van der Waals surface area contributed by atoms with Crippen LogP contribution in [0.3, 0.4) is 0 Å². The van der Waals surface area contributed by atoms with Gasteiger partial charge in [-0.15, -0.1) is 0 Å². The quantitative estimate of drug-likeness (QED) is 0.115. The van der Waals surface area contributed by atoms with Crippen molar-refractivity contribution in [2.24, 2.45) is 11.8 Å². The fourth-order valence-corrected chi connectivity index (χ4v) is 7.64. The highest BCUT2D eigenvalue weighted by molar-refractivity contribution is 7.95. The SMILES string of the molecule is COc1ccc(N(c2ccc(OC)cc2)c2ccc(C3=C(S(=O)(=O)c4ccc([N+](=O)[O-])cc4)C4C=CC3C4)cc2)cc1. The van der Waals surface area contributed by atoms with Crippen LogP contribution in [0.15, 0.2) is 119 Å². The number of benzene rings is 4. The van der Waals surface area contributed by atoms with Gasteiger partial charge in [0.1, 0.15) is 11.5 Å². The summed E-state index contributed by atoms with van der Waals surface area (Å²) in [4.78, 5) is 13.1. The lowest BCUT2D eigenvalue weighted by Crippen LogP contribution is -2.12. The second-order valence-corrected chi connectivity index (χ2v) is 12.1. The maximum absolute atomic E-state index is 13.8. The summed E-state index contributed by atoms with van der Waals surface area (Å²) in [6, 6.07) is 28.6. The first kappa shape index (κ1) is 27.3. The van der Waals surface area contributed by atoms with E-state index in [0.29, 0.717) is 11.3 Å². The molecule has 0 heterocycles. The zero-order valence-electron chi connectivity index (χ0n) is 23.0. The Morgan fingerprint density at radius 3 is 1.67 bits per heavy atom. The molecule has 2 aliphatic carbocycles. The fourth-order valence-electron chi connectivity index (χ4n) is 5.76. The number of allylic oxidation sites excluding steroid dienone is 4. The Labute approximate surface area is 244 Å². The van der Waals surface area contributed by atoms with Crippen LogP contribution >= 0.6 is 0 Å². The molecule has 212 valence electrons. The summed E-state index contributed by atoms with van der Waals surface area (Å²) in [6.07, 6.45) is 4.72. The number of anilines is 3. The maximum Gasteiger partial charge on any atom is 0.269 e. The van der Waals surface area contributed by atoms with Crippen molar-refractivity contribution < 1.29 is 22.8 Å². The molecule has 0 saturated carbocycles. The molecule has 6 rings (SSSR count). The Morgan fingerprint density at radius 2 is 1.19 bits per heavy atom. The largest absolute Gasteiger partial charge is 0.497 e. The van der Waals surface area contributed by atoms with Gasteiger partial charge in [0, 0.05) is 41.0 Å².